The van der Waals surface area contributed by atoms with Crippen molar-refractivity contribution in [1.29, 1.82) is 0 Å². The standard InChI is InChI=1S/C9H21NO/c1-8(2)7-10(4)9(3)5-6-11/h8-9,11H,5-7H2,1-4H3. The fourth-order valence-corrected chi connectivity index (χ4v) is 1.16. The Morgan fingerprint density at radius 3 is 2.18 bits per heavy atom. The van der Waals surface area contributed by atoms with Crippen molar-refractivity contribution < 1.29 is 5.11 Å². The minimum absolute atomic E-state index is 0.295. The Labute approximate surface area is 70.2 Å². The second kappa shape index (κ2) is 5.56. The molecule has 0 saturated carbocycles. The summed E-state index contributed by atoms with van der Waals surface area (Å²) in [6.45, 7) is 7.98. The zero-order chi connectivity index (χ0) is 8.85. The molecule has 0 rings (SSSR count). The maximum Gasteiger partial charge on any atom is 0.0445 e. The lowest BCUT2D eigenvalue weighted by molar-refractivity contribution is 0.182. The smallest absolute Gasteiger partial charge is 0.0445 e. The topological polar surface area (TPSA) is 23.5 Å². The largest absolute Gasteiger partial charge is 0.396 e. The molecule has 1 atom stereocenters. The van der Waals surface area contributed by atoms with Gasteiger partial charge in [-0.1, -0.05) is 13.8 Å². The first-order chi connectivity index (χ1) is 5.07. The average molecular weight is 159 g/mol. The average Bonchev–Trinajstić information content (AvgIpc) is 1.86. The molecule has 0 radical (unpaired) electrons. The minimum Gasteiger partial charge on any atom is -0.396 e. The molecule has 0 fully saturated rings. The van der Waals surface area contributed by atoms with Gasteiger partial charge in [0.25, 0.3) is 0 Å². The monoisotopic (exact) mass is 159 g/mol. The third-order valence-electron chi connectivity index (χ3n) is 1.95. The van der Waals surface area contributed by atoms with E-state index in [2.05, 4.69) is 32.7 Å². The molecule has 0 heterocycles. The van der Waals surface area contributed by atoms with Crippen molar-refractivity contribution in [1.82, 2.24) is 4.90 Å². The fraction of sp³-hybridized carbons (Fsp3) is 1.00. The molecular formula is C9H21NO. The summed E-state index contributed by atoms with van der Waals surface area (Å²) < 4.78 is 0. The number of aliphatic hydroxyl groups is 1. The van der Waals surface area contributed by atoms with Crippen LogP contribution in [0.4, 0.5) is 0 Å². The van der Waals surface area contributed by atoms with Crippen LogP contribution < -0.4 is 0 Å². The highest BCUT2D eigenvalue weighted by Gasteiger charge is 2.08. The molecule has 0 aliphatic heterocycles. The van der Waals surface area contributed by atoms with Crippen molar-refractivity contribution in [3.63, 3.8) is 0 Å². The first kappa shape index (κ1) is 10.9. The van der Waals surface area contributed by atoms with Crippen LogP contribution in [0.3, 0.4) is 0 Å². The first-order valence-corrected chi connectivity index (χ1v) is 4.39. The molecule has 0 aliphatic rings. The van der Waals surface area contributed by atoms with Gasteiger partial charge in [0.15, 0.2) is 0 Å². The minimum atomic E-state index is 0.295. The summed E-state index contributed by atoms with van der Waals surface area (Å²) in [5.74, 6) is 0.709. The number of hydrogen-bond acceptors (Lipinski definition) is 2. The summed E-state index contributed by atoms with van der Waals surface area (Å²) in [5, 5.41) is 8.69. The highest BCUT2D eigenvalue weighted by Crippen LogP contribution is 2.03. The number of aliphatic hydroxyl groups excluding tert-OH is 1. The SMILES string of the molecule is CC(C)CN(C)C(C)CCO. The molecule has 0 aromatic carbocycles. The summed E-state index contributed by atoms with van der Waals surface area (Å²) in [7, 11) is 2.11. The van der Waals surface area contributed by atoms with Crippen LogP contribution in [0, 0.1) is 5.92 Å². The van der Waals surface area contributed by atoms with Crippen molar-refractivity contribution in [2.45, 2.75) is 33.2 Å². The highest BCUT2D eigenvalue weighted by molar-refractivity contribution is 4.63. The third kappa shape index (κ3) is 5.22. The summed E-state index contributed by atoms with van der Waals surface area (Å²) in [5.41, 5.74) is 0. The lowest BCUT2D eigenvalue weighted by Gasteiger charge is -2.25. The van der Waals surface area contributed by atoms with Crippen LogP contribution in [0.15, 0.2) is 0 Å². The lowest BCUT2D eigenvalue weighted by atomic mass is 10.1. The Hall–Kier alpha value is -0.0800. The molecule has 2 heteroatoms. The van der Waals surface area contributed by atoms with Crippen LogP contribution in [-0.4, -0.2) is 36.2 Å². The Bertz CT molecular complexity index is 93.6. The number of rotatable bonds is 5. The van der Waals surface area contributed by atoms with Gasteiger partial charge in [-0.2, -0.15) is 0 Å². The molecule has 0 aliphatic carbocycles. The van der Waals surface area contributed by atoms with Crippen molar-refractivity contribution in [3.05, 3.63) is 0 Å². The molecule has 2 nitrogen and oxygen atoms in total. The quantitative estimate of drug-likeness (QED) is 0.654. The number of hydrogen-bond donors (Lipinski definition) is 1. The zero-order valence-electron chi connectivity index (χ0n) is 8.17. The second-order valence-corrected chi connectivity index (χ2v) is 3.69. The van der Waals surface area contributed by atoms with Gasteiger partial charge < -0.3 is 10.0 Å². The van der Waals surface area contributed by atoms with Gasteiger partial charge in [0.05, 0.1) is 0 Å². The van der Waals surface area contributed by atoms with Crippen molar-refractivity contribution >= 4 is 0 Å². The molecule has 0 bridgehead atoms. The van der Waals surface area contributed by atoms with Crippen LogP contribution >= 0.6 is 0 Å². The summed E-state index contributed by atoms with van der Waals surface area (Å²) in [6, 6.07) is 0.502. The molecule has 0 saturated heterocycles. The van der Waals surface area contributed by atoms with E-state index in [-0.39, 0.29) is 0 Å². The van der Waals surface area contributed by atoms with E-state index < -0.39 is 0 Å². The Morgan fingerprint density at radius 1 is 1.27 bits per heavy atom. The molecule has 0 spiro atoms. The van der Waals surface area contributed by atoms with Crippen molar-refractivity contribution in [2.75, 3.05) is 20.2 Å². The van der Waals surface area contributed by atoms with E-state index in [1.807, 2.05) is 0 Å². The van der Waals surface area contributed by atoms with Crippen molar-refractivity contribution in [3.8, 4) is 0 Å². The maximum atomic E-state index is 8.69. The lowest BCUT2D eigenvalue weighted by Crippen LogP contribution is -2.32. The molecule has 68 valence electrons. The molecular weight excluding hydrogens is 138 g/mol. The van der Waals surface area contributed by atoms with Gasteiger partial charge in [0, 0.05) is 19.2 Å². The predicted molar refractivity (Wildman–Crippen MR) is 48.6 cm³/mol. The van der Waals surface area contributed by atoms with E-state index >= 15 is 0 Å². The van der Waals surface area contributed by atoms with Gasteiger partial charge in [-0.25, -0.2) is 0 Å². The van der Waals surface area contributed by atoms with Gasteiger partial charge in [-0.05, 0) is 26.3 Å². The summed E-state index contributed by atoms with van der Waals surface area (Å²) in [4.78, 5) is 2.29. The Kier molecular flexibility index (Phi) is 5.51. The van der Waals surface area contributed by atoms with E-state index in [1.165, 1.54) is 0 Å². The summed E-state index contributed by atoms with van der Waals surface area (Å²) >= 11 is 0. The molecule has 1 N–H and O–H groups in total. The Balaban J connectivity index is 3.54. The third-order valence-corrected chi connectivity index (χ3v) is 1.95. The molecule has 0 aromatic heterocycles. The van der Waals surface area contributed by atoms with Crippen molar-refractivity contribution in [2.24, 2.45) is 5.92 Å². The molecule has 0 aromatic rings. The van der Waals surface area contributed by atoms with E-state index in [0.717, 1.165) is 13.0 Å². The molecule has 11 heavy (non-hydrogen) atoms. The molecule has 1 unspecified atom stereocenters. The van der Waals surface area contributed by atoms with Gasteiger partial charge in [-0.15, -0.1) is 0 Å². The van der Waals surface area contributed by atoms with Gasteiger partial charge >= 0.3 is 0 Å². The second-order valence-electron chi connectivity index (χ2n) is 3.69. The van der Waals surface area contributed by atoms with Gasteiger partial charge in [-0.3, -0.25) is 0 Å². The van der Waals surface area contributed by atoms with Gasteiger partial charge in [0.1, 0.15) is 0 Å². The van der Waals surface area contributed by atoms with Crippen LogP contribution in [0.25, 0.3) is 0 Å². The van der Waals surface area contributed by atoms with E-state index in [9.17, 15) is 0 Å². The first-order valence-electron chi connectivity index (χ1n) is 4.39. The van der Waals surface area contributed by atoms with E-state index in [0.29, 0.717) is 18.6 Å². The van der Waals surface area contributed by atoms with Crippen LogP contribution in [0.1, 0.15) is 27.2 Å². The number of nitrogens with zero attached hydrogens (tertiary/aromatic N) is 1. The van der Waals surface area contributed by atoms with Gasteiger partial charge in [0.2, 0.25) is 0 Å². The molecule has 0 amide bonds. The highest BCUT2D eigenvalue weighted by atomic mass is 16.3. The van der Waals surface area contributed by atoms with Crippen LogP contribution in [0.2, 0.25) is 0 Å². The van der Waals surface area contributed by atoms with E-state index in [4.69, 9.17) is 5.11 Å². The predicted octanol–water partition coefficient (Wildman–Crippen LogP) is 1.35. The maximum absolute atomic E-state index is 8.69. The van der Waals surface area contributed by atoms with Crippen LogP contribution in [-0.2, 0) is 0 Å². The summed E-state index contributed by atoms with van der Waals surface area (Å²) in [6.07, 6.45) is 0.878. The fourth-order valence-electron chi connectivity index (χ4n) is 1.16. The van der Waals surface area contributed by atoms with E-state index in [1.54, 1.807) is 0 Å². The zero-order valence-corrected chi connectivity index (χ0v) is 8.17. The Morgan fingerprint density at radius 2 is 1.82 bits per heavy atom. The normalized spacial score (nSPS) is 14.5. The van der Waals surface area contributed by atoms with Crippen LogP contribution in [0.5, 0.6) is 0 Å².